The van der Waals surface area contributed by atoms with Gasteiger partial charge in [-0.05, 0) is 43.0 Å². The molecule has 1 aromatic carbocycles. The quantitative estimate of drug-likeness (QED) is 0.789. The van der Waals surface area contributed by atoms with Crippen LogP contribution in [-0.4, -0.2) is 30.9 Å². The highest BCUT2D eigenvalue weighted by Gasteiger charge is 2.12. The van der Waals surface area contributed by atoms with Gasteiger partial charge in [-0.25, -0.2) is 0 Å². The highest BCUT2D eigenvalue weighted by molar-refractivity contribution is 7.80. The van der Waals surface area contributed by atoms with Crippen molar-refractivity contribution in [1.29, 1.82) is 0 Å². The SMILES string of the molecule is CN(CCCS)Cc1ccc2c(c1)CCO2. The number of benzene rings is 1. The summed E-state index contributed by atoms with van der Waals surface area (Å²) in [6.45, 7) is 2.96. The molecule has 0 bridgehead atoms. The minimum absolute atomic E-state index is 0.842. The number of hydrogen-bond acceptors (Lipinski definition) is 3. The zero-order valence-electron chi connectivity index (χ0n) is 9.78. The van der Waals surface area contributed by atoms with Gasteiger partial charge in [-0.15, -0.1) is 0 Å². The van der Waals surface area contributed by atoms with E-state index in [9.17, 15) is 0 Å². The summed E-state index contributed by atoms with van der Waals surface area (Å²) in [4.78, 5) is 2.34. The van der Waals surface area contributed by atoms with Gasteiger partial charge in [0.05, 0.1) is 6.61 Å². The summed E-state index contributed by atoms with van der Waals surface area (Å²) in [5.74, 6) is 2.03. The lowest BCUT2D eigenvalue weighted by Crippen LogP contribution is -2.19. The average Bonchev–Trinajstić information content (AvgIpc) is 2.73. The van der Waals surface area contributed by atoms with E-state index in [-0.39, 0.29) is 0 Å². The Morgan fingerprint density at radius 3 is 3.12 bits per heavy atom. The molecular formula is C13H19NOS. The first-order valence-corrected chi connectivity index (χ1v) is 6.47. The summed E-state index contributed by atoms with van der Waals surface area (Å²) < 4.78 is 5.50. The molecule has 2 nitrogen and oxygen atoms in total. The number of rotatable bonds is 5. The van der Waals surface area contributed by atoms with Crippen LogP contribution in [0.15, 0.2) is 18.2 Å². The molecule has 0 amide bonds. The molecule has 0 N–H and O–H groups in total. The topological polar surface area (TPSA) is 12.5 Å². The number of hydrogen-bond donors (Lipinski definition) is 1. The Morgan fingerprint density at radius 2 is 2.31 bits per heavy atom. The summed E-state index contributed by atoms with van der Waals surface area (Å²) in [5.41, 5.74) is 2.74. The van der Waals surface area contributed by atoms with Crippen LogP contribution in [0.4, 0.5) is 0 Å². The highest BCUT2D eigenvalue weighted by Crippen LogP contribution is 2.26. The summed E-state index contributed by atoms with van der Waals surface area (Å²) in [6.07, 6.45) is 2.21. The standard InChI is InChI=1S/C13H19NOS/c1-14(6-2-8-16)10-11-3-4-13-12(9-11)5-7-15-13/h3-4,9,16H,2,5-8,10H2,1H3. The lowest BCUT2D eigenvalue weighted by Gasteiger charge is -2.16. The van der Waals surface area contributed by atoms with Crippen molar-refractivity contribution in [3.8, 4) is 5.75 Å². The zero-order valence-corrected chi connectivity index (χ0v) is 10.7. The van der Waals surface area contributed by atoms with Gasteiger partial charge in [0.15, 0.2) is 0 Å². The molecule has 88 valence electrons. The summed E-state index contributed by atoms with van der Waals surface area (Å²) >= 11 is 4.23. The van der Waals surface area contributed by atoms with E-state index in [4.69, 9.17) is 4.74 Å². The van der Waals surface area contributed by atoms with Crippen LogP contribution in [0.25, 0.3) is 0 Å². The molecular weight excluding hydrogens is 218 g/mol. The minimum atomic E-state index is 0.842. The van der Waals surface area contributed by atoms with E-state index in [1.165, 1.54) is 11.1 Å². The van der Waals surface area contributed by atoms with Gasteiger partial charge in [-0.3, -0.25) is 0 Å². The number of fused-ring (bicyclic) bond motifs is 1. The van der Waals surface area contributed by atoms with Crippen molar-refractivity contribution >= 4 is 12.6 Å². The van der Waals surface area contributed by atoms with Gasteiger partial charge in [0, 0.05) is 13.0 Å². The molecule has 0 saturated carbocycles. The predicted octanol–water partition coefficient (Wildman–Crippen LogP) is 2.37. The maximum Gasteiger partial charge on any atom is 0.122 e. The van der Waals surface area contributed by atoms with Crippen molar-refractivity contribution in [2.45, 2.75) is 19.4 Å². The lowest BCUT2D eigenvalue weighted by atomic mass is 10.1. The molecule has 0 fully saturated rings. The maximum atomic E-state index is 5.50. The molecule has 1 aliphatic rings. The fourth-order valence-corrected chi connectivity index (χ4v) is 2.21. The lowest BCUT2D eigenvalue weighted by molar-refractivity contribution is 0.328. The van der Waals surface area contributed by atoms with Crippen molar-refractivity contribution in [3.63, 3.8) is 0 Å². The second-order valence-electron chi connectivity index (χ2n) is 4.36. The number of nitrogens with zero attached hydrogens (tertiary/aromatic N) is 1. The molecule has 0 aromatic heterocycles. The molecule has 3 heteroatoms. The molecule has 0 atom stereocenters. The van der Waals surface area contributed by atoms with E-state index in [2.05, 4.69) is 42.8 Å². The first kappa shape index (κ1) is 11.8. The third-order valence-corrected chi connectivity index (χ3v) is 3.22. The van der Waals surface area contributed by atoms with Crippen molar-refractivity contribution in [2.75, 3.05) is 26.0 Å². The van der Waals surface area contributed by atoms with Crippen LogP contribution in [0.1, 0.15) is 17.5 Å². The van der Waals surface area contributed by atoms with Gasteiger partial charge in [-0.1, -0.05) is 12.1 Å². The largest absolute Gasteiger partial charge is 0.493 e. The maximum absolute atomic E-state index is 5.50. The molecule has 2 rings (SSSR count). The number of ether oxygens (including phenoxy) is 1. The van der Waals surface area contributed by atoms with E-state index in [1.807, 2.05) is 0 Å². The van der Waals surface area contributed by atoms with Crippen LogP contribution in [0, 0.1) is 0 Å². The highest BCUT2D eigenvalue weighted by atomic mass is 32.1. The third kappa shape index (κ3) is 2.92. The Labute approximate surface area is 103 Å². The Kier molecular flexibility index (Phi) is 4.13. The summed E-state index contributed by atoms with van der Waals surface area (Å²) in [5, 5.41) is 0. The Bertz CT molecular complexity index is 354. The van der Waals surface area contributed by atoms with Crippen molar-refractivity contribution in [2.24, 2.45) is 0 Å². The number of thiol groups is 1. The fourth-order valence-electron chi connectivity index (χ4n) is 2.07. The van der Waals surface area contributed by atoms with Gasteiger partial charge in [0.1, 0.15) is 5.75 Å². The van der Waals surface area contributed by atoms with Crippen LogP contribution >= 0.6 is 12.6 Å². The first-order valence-electron chi connectivity index (χ1n) is 5.83. The molecule has 1 aliphatic heterocycles. The van der Waals surface area contributed by atoms with Crippen LogP contribution in [0.3, 0.4) is 0 Å². The van der Waals surface area contributed by atoms with Crippen LogP contribution in [0.5, 0.6) is 5.75 Å². The minimum Gasteiger partial charge on any atom is -0.493 e. The molecule has 0 saturated heterocycles. The Balaban J connectivity index is 1.94. The normalized spacial score (nSPS) is 13.9. The second kappa shape index (κ2) is 5.60. The monoisotopic (exact) mass is 237 g/mol. The van der Waals surface area contributed by atoms with Crippen LogP contribution in [0.2, 0.25) is 0 Å². The van der Waals surface area contributed by atoms with E-state index >= 15 is 0 Å². The predicted molar refractivity (Wildman–Crippen MR) is 70.4 cm³/mol. The average molecular weight is 237 g/mol. The van der Waals surface area contributed by atoms with Gasteiger partial charge in [0.2, 0.25) is 0 Å². The molecule has 0 radical (unpaired) electrons. The van der Waals surface area contributed by atoms with Gasteiger partial charge < -0.3 is 9.64 Å². The van der Waals surface area contributed by atoms with E-state index < -0.39 is 0 Å². The zero-order chi connectivity index (χ0) is 11.4. The summed E-state index contributed by atoms with van der Waals surface area (Å²) in [6, 6.07) is 6.55. The molecule has 0 spiro atoms. The molecule has 0 aliphatic carbocycles. The van der Waals surface area contributed by atoms with Crippen molar-refractivity contribution in [1.82, 2.24) is 4.90 Å². The fraction of sp³-hybridized carbons (Fsp3) is 0.538. The van der Waals surface area contributed by atoms with Gasteiger partial charge in [-0.2, -0.15) is 12.6 Å². The Morgan fingerprint density at radius 1 is 1.44 bits per heavy atom. The molecule has 0 unspecified atom stereocenters. The first-order chi connectivity index (χ1) is 7.79. The van der Waals surface area contributed by atoms with Gasteiger partial charge >= 0.3 is 0 Å². The molecule has 1 aromatic rings. The molecule has 16 heavy (non-hydrogen) atoms. The Hall–Kier alpha value is -0.670. The van der Waals surface area contributed by atoms with Crippen molar-refractivity contribution in [3.05, 3.63) is 29.3 Å². The summed E-state index contributed by atoms with van der Waals surface area (Å²) in [7, 11) is 2.16. The van der Waals surface area contributed by atoms with E-state index in [0.717, 1.165) is 44.0 Å². The van der Waals surface area contributed by atoms with E-state index in [1.54, 1.807) is 0 Å². The van der Waals surface area contributed by atoms with Crippen LogP contribution in [-0.2, 0) is 13.0 Å². The van der Waals surface area contributed by atoms with Gasteiger partial charge in [0.25, 0.3) is 0 Å². The third-order valence-electron chi connectivity index (χ3n) is 2.90. The molecule has 1 heterocycles. The smallest absolute Gasteiger partial charge is 0.122 e. The van der Waals surface area contributed by atoms with Crippen molar-refractivity contribution < 1.29 is 4.74 Å². The van der Waals surface area contributed by atoms with Crippen LogP contribution < -0.4 is 4.74 Å². The van der Waals surface area contributed by atoms with E-state index in [0.29, 0.717) is 0 Å². The second-order valence-corrected chi connectivity index (χ2v) is 4.80.